The summed E-state index contributed by atoms with van der Waals surface area (Å²) in [5, 5.41) is 3.05. The van der Waals surface area contributed by atoms with Gasteiger partial charge in [0.25, 0.3) is 0 Å². The van der Waals surface area contributed by atoms with E-state index in [9.17, 15) is 14.4 Å². The van der Waals surface area contributed by atoms with Crippen molar-refractivity contribution in [1.29, 1.82) is 0 Å². The molecule has 9 heteroatoms. The fourth-order valence-electron chi connectivity index (χ4n) is 3.92. The van der Waals surface area contributed by atoms with Gasteiger partial charge in [-0.2, -0.15) is 0 Å². The number of hydrogen-bond acceptors (Lipinski definition) is 9. The zero-order chi connectivity index (χ0) is 26.4. The number of hydrogen-bond donors (Lipinski definition) is 1. The van der Waals surface area contributed by atoms with E-state index >= 15 is 0 Å². The Morgan fingerprint density at radius 3 is 1.69 bits per heavy atom. The van der Waals surface area contributed by atoms with Crippen molar-refractivity contribution < 1.29 is 38.1 Å². The normalized spacial score (nSPS) is 14.5. The first-order valence-corrected chi connectivity index (χ1v) is 11.2. The average Bonchev–Trinajstić information content (AvgIpc) is 2.88. The Morgan fingerprint density at radius 2 is 1.22 bits per heavy atom. The lowest BCUT2D eigenvalue weighted by Gasteiger charge is -2.30. The molecule has 0 saturated heterocycles. The fourth-order valence-corrected chi connectivity index (χ4v) is 3.92. The summed E-state index contributed by atoms with van der Waals surface area (Å²) in [6.45, 7) is 5.05. The highest BCUT2D eigenvalue weighted by molar-refractivity contribution is 5.99. The summed E-state index contributed by atoms with van der Waals surface area (Å²) in [4.78, 5) is 37.8. The Kier molecular flexibility index (Phi) is 8.37. The number of ether oxygens (including phenoxy) is 5. The second-order valence-electron chi connectivity index (χ2n) is 8.04. The van der Waals surface area contributed by atoms with Crippen molar-refractivity contribution in [3.8, 4) is 17.2 Å². The van der Waals surface area contributed by atoms with Crippen LogP contribution in [0.4, 0.5) is 0 Å². The maximum absolute atomic E-state index is 12.6. The zero-order valence-corrected chi connectivity index (χ0v) is 21.0. The van der Waals surface area contributed by atoms with Gasteiger partial charge in [0.2, 0.25) is 0 Å². The summed E-state index contributed by atoms with van der Waals surface area (Å²) in [6.07, 6.45) is -0.865. The number of allylic oxidation sites excluding steroid dienone is 2. The molecule has 1 atom stereocenters. The van der Waals surface area contributed by atoms with Crippen LogP contribution in [0.15, 0.2) is 71.1 Å². The van der Waals surface area contributed by atoms with Gasteiger partial charge in [0, 0.05) is 11.4 Å². The third kappa shape index (κ3) is 5.68. The second-order valence-corrected chi connectivity index (χ2v) is 8.04. The minimum atomic E-state index is -0.865. The van der Waals surface area contributed by atoms with Crippen molar-refractivity contribution in [2.24, 2.45) is 0 Å². The molecule has 2 aromatic carbocycles. The van der Waals surface area contributed by atoms with E-state index in [1.165, 1.54) is 14.2 Å². The molecule has 0 bridgehead atoms. The summed E-state index contributed by atoms with van der Waals surface area (Å²) >= 11 is 0. The lowest BCUT2D eigenvalue weighted by atomic mass is 9.80. The largest absolute Gasteiger partial charge is 0.497 e. The molecule has 1 heterocycles. The summed E-state index contributed by atoms with van der Waals surface area (Å²) in [7, 11) is 4.12. The minimum absolute atomic E-state index is 0.281. The van der Waals surface area contributed by atoms with Gasteiger partial charge in [-0.05, 0) is 62.7 Å². The van der Waals surface area contributed by atoms with Crippen molar-refractivity contribution in [2.75, 3.05) is 21.3 Å². The van der Waals surface area contributed by atoms with Gasteiger partial charge in [0.1, 0.15) is 17.2 Å². The number of benzene rings is 2. The van der Waals surface area contributed by atoms with Gasteiger partial charge in [-0.15, -0.1) is 0 Å². The van der Waals surface area contributed by atoms with Gasteiger partial charge in [-0.3, -0.25) is 0 Å². The Hall–Kier alpha value is -4.27. The van der Waals surface area contributed by atoms with Crippen LogP contribution in [0.2, 0.25) is 0 Å². The van der Waals surface area contributed by atoms with Gasteiger partial charge in [0.15, 0.2) is 6.10 Å². The van der Waals surface area contributed by atoms with Gasteiger partial charge in [-0.1, -0.05) is 12.1 Å². The van der Waals surface area contributed by atoms with Crippen molar-refractivity contribution in [3.63, 3.8) is 0 Å². The van der Waals surface area contributed by atoms with Crippen LogP contribution in [-0.2, 0) is 23.9 Å². The molecule has 190 valence electrons. The maximum atomic E-state index is 12.6. The van der Waals surface area contributed by atoms with Gasteiger partial charge >= 0.3 is 17.9 Å². The summed E-state index contributed by atoms with van der Waals surface area (Å²) in [5.74, 6) is -1.00. The van der Waals surface area contributed by atoms with Crippen LogP contribution in [0.1, 0.15) is 32.3 Å². The summed E-state index contributed by atoms with van der Waals surface area (Å²) in [5.41, 5.74) is 2.33. The molecular formula is C27H29NO8. The highest BCUT2D eigenvalue weighted by atomic mass is 16.6. The van der Waals surface area contributed by atoms with E-state index in [1.807, 2.05) is 0 Å². The van der Waals surface area contributed by atoms with Gasteiger partial charge in [0.05, 0.1) is 38.4 Å². The number of rotatable bonds is 8. The molecule has 2 aromatic rings. The molecule has 1 aliphatic rings. The SMILES string of the molecule is COC(=O)C1=C(C)NC(C)=C(C(=O)OC)C1c1ccc(OC(=O)C(C)Oc2ccc(OC)cc2)cc1. The van der Waals surface area contributed by atoms with Gasteiger partial charge in [-0.25, -0.2) is 14.4 Å². The Balaban J connectivity index is 1.81. The minimum Gasteiger partial charge on any atom is -0.497 e. The van der Waals surface area contributed by atoms with Crippen molar-refractivity contribution >= 4 is 17.9 Å². The van der Waals surface area contributed by atoms with E-state index < -0.39 is 29.9 Å². The van der Waals surface area contributed by atoms with Crippen LogP contribution in [-0.4, -0.2) is 45.3 Å². The van der Waals surface area contributed by atoms with Crippen LogP contribution >= 0.6 is 0 Å². The Labute approximate surface area is 209 Å². The number of nitrogens with one attached hydrogen (secondary N) is 1. The van der Waals surface area contributed by atoms with Crippen LogP contribution in [0.5, 0.6) is 17.2 Å². The zero-order valence-electron chi connectivity index (χ0n) is 21.0. The highest BCUT2D eigenvalue weighted by Gasteiger charge is 2.37. The van der Waals surface area contributed by atoms with Crippen LogP contribution in [0.3, 0.4) is 0 Å². The number of methoxy groups -OCH3 is 3. The topological polar surface area (TPSA) is 109 Å². The first-order valence-electron chi connectivity index (χ1n) is 11.2. The Morgan fingerprint density at radius 1 is 0.750 bits per heavy atom. The standard InChI is InChI=1S/C27H29NO8/c1-15-22(26(30)33-5)24(23(16(2)28-15)27(31)34-6)18-7-9-21(10-8-18)36-25(29)17(3)35-20-13-11-19(32-4)12-14-20/h7-14,17,24,28H,1-6H3. The lowest BCUT2D eigenvalue weighted by Crippen LogP contribution is -2.32. The monoisotopic (exact) mass is 495 g/mol. The number of esters is 3. The molecule has 36 heavy (non-hydrogen) atoms. The third-order valence-electron chi connectivity index (χ3n) is 5.71. The molecular weight excluding hydrogens is 466 g/mol. The summed E-state index contributed by atoms with van der Waals surface area (Å²) in [6, 6.07) is 13.4. The van der Waals surface area contributed by atoms with E-state index in [1.54, 1.807) is 76.4 Å². The maximum Gasteiger partial charge on any atom is 0.352 e. The predicted octanol–water partition coefficient (Wildman–Crippen LogP) is 3.65. The van der Waals surface area contributed by atoms with E-state index in [0.29, 0.717) is 28.5 Å². The number of dihydropyridines is 1. The van der Waals surface area contributed by atoms with E-state index in [0.717, 1.165) is 0 Å². The fraction of sp³-hybridized carbons (Fsp3) is 0.296. The summed E-state index contributed by atoms with van der Waals surface area (Å²) < 4.78 is 26.2. The molecule has 0 radical (unpaired) electrons. The van der Waals surface area contributed by atoms with Crippen molar-refractivity contribution in [2.45, 2.75) is 32.8 Å². The van der Waals surface area contributed by atoms with Crippen molar-refractivity contribution in [1.82, 2.24) is 5.32 Å². The third-order valence-corrected chi connectivity index (χ3v) is 5.71. The molecule has 0 saturated carbocycles. The molecule has 1 N–H and O–H groups in total. The van der Waals surface area contributed by atoms with Crippen LogP contribution < -0.4 is 19.5 Å². The molecule has 0 amide bonds. The molecule has 0 spiro atoms. The molecule has 1 aliphatic heterocycles. The van der Waals surface area contributed by atoms with Crippen LogP contribution in [0, 0.1) is 0 Å². The number of carbonyl (C=O) groups excluding carboxylic acids is 3. The van der Waals surface area contributed by atoms with Crippen molar-refractivity contribution in [3.05, 3.63) is 76.6 Å². The van der Waals surface area contributed by atoms with E-state index in [2.05, 4.69) is 5.32 Å². The lowest BCUT2D eigenvalue weighted by molar-refractivity contribution is -0.141. The molecule has 1 unspecified atom stereocenters. The Bertz CT molecular complexity index is 1160. The van der Waals surface area contributed by atoms with Gasteiger partial charge < -0.3 is 29.0 Å². The molecule has 0 aliphatic carbocycles. The van der Waals surface area contributed by atoms with E-state index in [-0.39, 0.29) is 16.9 Å². The highest BCUT2D eigenvalue weighted by Crippen LogP contribution is 2.39. The molecule has 0 fully saturated rings. The molecule has 3 rings (SSSR count). The van der Waals surface area contributed by atoms with E-state index in [4.69, 9.17) is 23.7 Å². The first-order chi connectivity index (χ1) is 17.2. The average molecular weight is 496 g/mol. The molecule has 0 aromatic heterocycles. The quantitative estimate of drug-likeness (QED) is 0.433. The smallest absolute Gasteiger partial charge is 0.352 e. The van der Waals surface area contributed by atoms with Crippen LogP contribution in [0.25, 0.3) is 0 Å². The molecule has 9 nitrogen and oxygen atoms in total. The first kappa shape index (κ1) is 26.3. The number of carbonyl (C=O) groups is 3. The predicted molar refractivity (Wildman–Crippen MR) is 130 cm³/mol. The second kappa shape index (κ2) is 11.4.